The smallest absolute Gasteiger partial charge is 0.322 e. The van der Waals surface area contributed by atoms with Crippen molar-refractivity contribution in [3.05, 3.63) is 71.6 Å². The number of carbonyl (C=O) groups excluding carboxylic acids is 2. The van der Waals surface area contributed by atoms with Gasteiger partial charge in [0.1, 0.15) is 24.3 Å². The van der Waals surface area contributed by atoms with Crippen molar-refractivity contribution >= 4 is 46.1 Å². The maximum absolute atomic E-state index is 13.6. The number of hydrogen-bond acceptors (Lipinski definition) is 6. The summed E-state index contributed by atoms with van der Waals surface area (Å²) in [5.41, 5.74) is 3.28. The molecule has 0 bridgehead atoms. The summed E-state index contributed by atoms with van der Waals surface area (Å²) in [5.74, 6) is 0.547. The van der Waals surface area contributed by atoms with Crippen LogP contribution in [0.5, 0.6) is 0 Å². The highest BCUT2D eigenvalue weighted by Gasteiger charge is 2.32. The van der Waals surface area contributed by atoms with E-state index in [2.05, 4.69) is 26.7 Å². The highest BCUT2D eigenvalue weighted by Crippen LogP contribution is 2.37. The number of nitrogens with zero attached hydrogens (tertiary/aromatic N) is 5. The van der Waals surface area contributed by atoms with Gasteiger partial charge in [0.2, 0.25) is 5.91 Å². The third kappa shape index (κ3) is 6.16. The highest BCUT2D eigenvalue weighted by molar-refractivity contribution is 6.33. The number of halogens is 1. The van der Waals surface area contributed by atoms with Gasteiger partial charge in [-0.15, -0.1) is 0 Å². The van der Waals surface area contributed by atoms with Crippen LogP contribution in [0.2, 0.25) is 5.02 Å². The van der Waals surface area contributed by atoms with Gasteiger partial charge in [-0.25, -0.2) is 14.8 Å². The fraction of sp³-hybridized carbons (Fsp3) is 0.375. The Morgan fingerprint density at radius 2 is 1.81 bits per heavy atom. The summed E-state index contributed by atoms with van der Waals surface area (Å²) in [6, 6.07) is 15.5. The van der Waals surface area contributed by atoms with Crippen molar-refractivity contribution < 1.29 is 14.7 Å². The van der Waals surface area contributed by atoms with Gasteiger partial charge in [0.15, 0.2) is 0 Å². The molecule has 11 heteroatoms. The molecule has 0 atom stereocenters. The third-order valence-electron chi connectivity index (χ3n) is 8.21. The molecule has 43 heavy (non-hydrogen) atoms. The molecule has 4 heterocycles. The molecule has 1 saturated heterocycles. The lowest BCUT2D eigenvalue weighted by atomic mass is 10.0. The molecule has 224 valence electrons. The Morgan fingerprint density at radius 3 is 2.58 bits per heavy atom. The standard InChI is InChI=1S/C32H36ClN7O3/c1-32(2,43)19-34-29-28-24(23-8-4-5-9-25(23)33)17-39(30(28)36-20-35-29)18-27(41)38-14-12-22(13-15-38)40-16-11-21-7-3-6-10-26(21)37-31(40)42/h3-10,17,20,22,43H,11-16,18-19H2,1-2H3,(H,37,42)(H,34,35,36). The first-order chi connectivity index (χ1) is 20.7. The Kier molecular flexibility index (Phi) is 7.98. The fourth-order valence-corrected chi connectivity index (χ4v) is 6.21. The number of nitrogens with one attached hydrogen (secondary N) is 2. The number of aromatic nitrogens is 3. The number of fused-ring (bicyclic) bond motifs is 2. The summed E-state index contributed by atoms with van der Waals surface area (Å²) >= 11 is 6.60. The van der Waals surface area contributed by atoms with Crippen molar-refractivity contribution in [2.45, 2.75) is 51.3 Å². The summed E-state index contributed by atoms with van der Waals surface area (Å²) in [6.07, 6.45) is 5.61. The van der Waals surface area contributed by atoms with Crippen LogP contribution in [0.1, 0.15) is 32.3 Å². The zero-order valence-corrected chi connectivity index (χ0v) is 25.1. The number of benzene rings is 2. The molecule has 2 aliphatic rings. The Balaban J connectivity index is 1.19. The topological polar surface area (TPSA) is 116 Å². The number of urea groups is 1. The average molecular weight is 602 g/mol. The predicted molar refractivity (Wildman–Crippen MR) is 168 cm³/mol. The molecule has 1 fully saturated rings. The quantitative estimate of drug-likeness (QED) is 0.274. The van der Waals surface area contributed by atoms with Gasteiger partial charge in [-0.05, 0) is 50.8 Å². The van der Waals surface area contributed by atoms with E-state index in [9.17, 15) is 14.7 Å². The number of carbonyl (C=O) groups is 2. The number of anilines is 2. The lowest BCUT2D eigenvalue weighted by Gasteiger charge is -2.38. The number of hydrogen-bond donors (Lipinski definition) is 3. The normalized spacial score (nSPS) is 16.1. The van der Waals surface area contributed by atoms with Crippen LogP contribution < -0.4 is 10.6 Å². The molecule has 10 nitrogen and oxygen atoms in total. The summed E-state index contributed by atoms with van der Waals surface area (Å²) < 4.78 is 1.85. The van der Waals surface area contributed by atoms with E-state index in [0.29, 0.717) is 36.1 Å². The first-order valence-electron chi connectivity index (χ1n) is 14.7. The molecule has 0 aliphatic carbocycles. The van der Waals surface area contributed by atoms with Crippen LogP contribution in [0.3, 0.4) is 0 Å². The summed E-state index contributed by atoms with van der Waals surface area (Å²) in [7, 11) is 0. The summed E-state index contributed by atoms with van der Waals surface area (Å²) in [6.45, 7) is 5.63. The van der Waals surface area contributed by atoms with Crippen LogP contribution in [0.4, 0.5) is 16.3 Å². The second-order valence-corrected chi connectivity index (χ2v) is 12.3. The average Bonchev–Trinajstić information content (AvgIpc) is 3.26. The molecule has 0 unspecified atom stereocenters. The van der Waals surface area contributed by atoms with E-state index in [-0.39, 0.29) is 31.1 Å². The van der Waals surface area contributed by atoms with Gasteiger partial charge in [0, 0.05) is 60.3 Å². The van der Waals surface area contributed by atoms with Crippen LogP contribution in [-0.4, -0.2) is 79.2 Å². The Labute approximate surface area is 255 Å². The lowest BCUT2D eigenvalue weighted by molar-refractivity contribution is -0.133. The zero-order valence-electron chi connectivity index (χ0n) is 24.4. The van der Waals surface area contributed by atoms with E-state index < -0.39 is 5.60 Å². The van der Waals surface area contributed by atoms with Crippen LogP contribution in [-0.2, 0) is 17.8 Å². The van der Waals surface area contributed by atoms with Crippen molar-refractivity contribution in [2.75, 3.05) is 36.8 Å². The second kappa shape index (κ2) is 11.9. The molecule has 2 aliphatic heterocycles. The molecule has 2 aromatic carbocycles. The van der Waals surface area contributed by atoms with Crippen LogP contribution in [0.25, 0.3) is 22.2 Å². The van der Waals surface area contributed by atoms with E-state index in [0.717, 1.165) is 47.0 Å². The van der Waals surface area contributed by atoms with E-state index in [1.807, 2.05) is 63.0 Å². The first kappa shape index (κ1) is 28.9. The van der Waals surface area contributed by atoms with Gasteiger partial charge in [-0.3, -0.25) is 4.79 Å². The molecule has 0 spiro atoms. The molecule has 2 aromatic heterocycles. The number of aliphatic hydroxyl groups is 1. The van der Waals surface area contributed by atoms with Crippen LogP contribution in [0, 0.1) is 0 Å². The van der Waals surface area contributed by atoms with Gasteiger partial charge in [-0.2, -0.15) is 0 Å². The second-order valence-electron chi connectivity index (χ2n) is 11.9. The van der Waals surface area contributed by atoms with Crippen LogP contribution in [0.15, 0.2) is 61.1 Å². The Morgan fingerprint density at radius 1 is 1.07 bits per heavy atom. The molecular formula is C32H36ClN7O3. The number of para-hydroxylation sites is 1. The number of amides is 3. The zero-order chi connectivity index (χ0) is 30.1. The molecular weight excluding hydrogens is 566 g/mol. The van der Waals surface area contributed by atoms with E-state index >= 15 is 0 Å². The molecule has 0 saturated carbocycles. The SMILES string of the molecule is CC(C)(O)CNc1ncnc2c1c(-c1ccccc1Cl)cn2CC(=O)N1CCC(N2CCc3ccccc3NC2=O)CC1. The predicted octanol–water partition coefficient (Wildman–Crippen LogP) is 5.02. The minimum Gasteiger partial charge on any atom is -0.389 e. The van der Waals surface area contributed by atoms with Gasteiger partial charge < -0.3 is 30.1 Å². The van der Waals surface area contributed by atoms with Gasteiger partial charge in [0.25, 0.3) is 0 Å². The van der Waals surface area contributed by atoms with E-state index in [1.54, 1.807) is 13.8 Å². The van der Waals surface area contributed by atoms with Crippen molar-refractivity contribution in [3.63, 3.8) is 0 Å². The maximum Gasteiger partial charge on any atom is 0.322 e. The van der Waals surface area contributed by atoms with Crippen molar-refractivity contribution in [3.8, 4) is 11.1 Å². The van der Waals surface area contributed by atoms with Crippen molar-refractivity contribution in [2.24, 2.45) is 0 Å². The minimum absolute atomic E-state index is 0.0154. The molecule has 6 rings (SSSR count). The Bertz CT molecular complexity index is 1660. The van der Waals surface area contributed by atoms with Crippen molar-refractivity contribution in [1.29, 1.82) is 0 Å². The number of piperidine rings is 1. The number of likely N-dealkylation sites (tertiary alicyclic amines) is 1. The monoisotopic (exact) mass is 601 g/mol. The third-order valence-corrected chi connectivity index (χ3v) is 8.54. The van der Waals surface area contributed by atoms with Gasteiger partial charge in [-0.1, -0.05) is 48.0 Å². The molecule has 4 aromatic rings. The minimum atomic E-state index is -0.954. The maximum atomic E-state index is 13.6. The fourth-order valence-electron chi connectivity index (χ4n) is 5.97. The Hall–Kier alpha value is -4.15. The van der Waals surface area contributed by atoms with Gasteiger partial charge in [0.05, 0.1) is 11.0 Å². The van der Waals surface area contributed by atoms with E-state index in [1.165, 1.54) is 6.33 Å². The van der Waals surface area contributed by atoms with Crippen molar-refractivity contribution in [1.82, 2.24) is 24.3 Å². The lowest BCUT2D eigenvalue weighted by Crippen LogP contribution is -2.50. The molecule has 0 radical (unpaired) electrons. The van der Waals surface area contributed by atoms with E-state index in [4.69, 9.17) is 11.6 Å². The summed E-state index contributed by atoms with van der Waals surface area (Å²) in [5, 5.41) is 17.9. The largest absolute Gasteiger partial charge is 0.389 e. The first-order valence-corrected chi connectivity index (χ1v) is 15.0. The highest BCUT2D eigenvalue weighted by atomic mass is 35.5. The summed E-state index contributed by atoms with van der Waals surface area (Å²) in [4.78, 5) is 39.4. The van der Waals surface area contributed by atoms with Crippen LogP contribution >= 0.6 is 11.6 Å². The van der Waals surface area contributed by atoms with Gasteiger partial charge >= 0.3 is 6.03 Å². The molecule has 3 amide bonds. The molecule has 3 N–H and O–H groups in total. The number of rotatable bonds is 7.